The van der Waals surface area contributed by atoms with Gasteiger partial charge in [-0.05, 0) is 64.2 Å². The van der Waals surface area contributed by atoms with Gasteiger partial charge in [-0.15, -0.1) is 0 Å². The summed E-state index contributed by atoms with van der Waals surface area (Å²) in [7, 11) is 0. The van der Waals surface area contributed by atoms with E-state index in [0.717, 1.165) is 11.5 Å². The molecule has 1 aromatic carbocycles. The Morgan fingerprint density at radius 2 is 1.82 bits per heavy atom. The predicted octanol–water partition coefficient (Wildman–Crippen LogP) is 3.75. The smallest absolute Gasteiger partial charge is 0.189 e. The molecular formula is C19H19O3. The molecule has 0 atom stereocenters. The molecular weight excluding hydrogens is 276 g/mol. The summed E-state index contributed by atoms with van der Waals surface area (Å²) in [6, 6.07) is 2.88. The van der Waals surface area contributed by atoms with Gasteiger partial charge in [0, 0.05) is 11.5 Å². The van der Waals surface area contributed by atoms with Crippen molar-refractivity contribution >= 4 is 5.78 Å². The summed E-state index contributed by atoms with van der Waals surface area (Å²) < 4.78 is 0. The second kappa shape index (κ2) is 7.30. The fraction of sp³-hybridized carbons (Fsp3) is 0.158. The normalized spacial score (nSPS) is 15.4. The first-order valence-corrected chi connectivity index (χ1v) is 7.10. The zero-order valence-corrected chi connectivity index (χ0v) is 12.7. The summed E-state index contributed by atoms with van der Waals surface area (Å²) in [5.41, 5.74) is 1.64. The average molecular weight is 295 g/mol. The van der Waals surface area contributed by atoms with Gasteiger partial charge in [0.25, 0.3) is 0 Å². The molecule has 1 aliphatic carbocycles. The van der Waals surface area contributed by atoms with E-state index in [2.05, 4.69) is 0 Å². The van der Waals surface area contributed by atoms with E-state index in [0.29, 0.717) is 12.0 Å². The molecule has 0 saturated heterocycles. The first kappa shape index (κ1) is 16.3. The molecule has 2 rings (SSSR count). The van der Waals surface area contributed by atoms with Crippen LogP contribution in [0.3, 0.4) is 0 Å². The lowest BCUT2D eigenvalue weighted by Crippen LogP contribution is -1.99. The Kier molecular flexibility index (Phi) is 5.42. The van der Waals surface area contributed by atoms with Gasteiger partial charge in [0.15, 0.2) is 5.78 Å². The number of rotatable bonds is 5. The van der Waals surface area contributed by atoms with Crippen LogP contribution in [0.15, 0.2) is 35.9 Å². The van der Waals surface area contributed by atoms with Crippen LogP contribution < -0.4 is 0 Å². The highest BCUT2D eigenvalue weighted by Crippen LogP contribution is 2.32. The van der Waals surface area contributed by atoms with Crippen molar-refractivity contribution in [2.45, 2.75) is 20.3 Å². The van der Waals surface area contributed by atoms with E-state index in [1.807, 2.05) is 45.6 Å². The fourth-order valence-corrected chi connectivity index (χ4v) is 2.09. The Morgan fingerprint density at radius 1 is 1.14 bits per heavy atom. The molecule has 22 heavy (non-hydrogen) atoms. The van der Waals surface area contributed by atoms with Crippen molar-refractivity contribution in [1.82, 2.24) is 0 Å². The molecule has 3 heteroatoms. The number of phenolic OH excluding ortho intramolecular Hbond substituents is 2. The van der Waals surface area contributed by atoms with Gasteiger partial charge in [-0.25, -0.2) is 0 Å². The lowest BCUT2D eigenvalue weighted by atomic mass is 9.99. The molecule has 3 nitrogen and oxygen atoms in total. The van der Waals surface area contributed by atoms with Gasteiger partial charge in [0.05, 0.1) is 5.56 Å². The molecule has 1 aliphatic rings. The van der Waals surface area contributed by atoms with Crippen molar-refractivity contribution in [2.75, 3.05) is 0 Å². The molecule has 2 N–H and O–H groups in total. The largest absolute Gasteiger partial charge is 0.508 e. The van der Waals surface area contributed by atoms with Crippen LogP contribution in [0.25, 0.3) is 0 Å². The average Bonchev–Trinajstić information content (AvgIpc) is 2.97. The number of carbonyl (C=O) groups is 1. The highest BCUT2D eigenvalue weighted by Gasteiger charge is 2.17. The first-order valence-electron chi connectivity index (χ1n) is 7.10. The summed E-state index contributed by atoms with van der Waals surface area (Å²) in [6.45, 7) is 3.87. The second-order valence-electron chi connectivity index (χ2n) is 5.36. The molecule has 0 bridgehead atoms. The maximum atomic E-state index is 12.2. The molecule has 1 aromatic rings. The van der Waals surface area contributed by atoms with E-state index in [4.69, 9.17) is 0 Å². The Morgan fingerprint density at radius 3 is 2.45 bits per heavy atom. The number of allylic oxidation sites excluding steroid dienone is 4. The number of hydrogen-bond donors (Lipinski definition) is 2. The van der Waals surface area contributed by atoms with Gasteiger partial charge in [0.1, 0.15) is 11.5 Å². The summed E-state index contributed by atoms with van der Waals surface area (Å²) in [6.07, 6.45) is 13.0. The minimum Gasteiger partial charge on any atom is -0.508 e. The van der Waals surface area contributed by atoms with E-state index < -0.39 is 0 Å². The van der Waals surface area contributed by atoms with Crippen molar-refractivity contribution < 1.29 is 15.0 Å². The highest BCUT2D eigenvalue weighted by atomic mass is 16.3. The first-order chi connectivity index (χ1) is 10.5. The summed E-state index contributed by atoms with van der Waals surface area (Å²) in [5, 5.41) is 20.1. The third kappa shape index (κ3) is 4.00. The third-order valence-corrected chi connectivity index (χ3v) is 3.35. The van der Waals surface area contributed by atoms with E-state index in [1.165, 1.54) is 18.2 Å². The van der Waals surface area contributed by atoms with E-state index in [1.54, 1.807) is 6.08 Å². The van der Waals surface area contributed by atoms with Crippen LogP contribution in [-0.4, -0.2) is 16.0 Å². The predicted molar refractivity (Wildman–Crippen MR) is 86.8 cm³/mol. The topological polar surface area (TPSA) is 57.5 Å². The zero-order chi connectivity index (χ0) is 16.1. The van der Waals surface area contributed by atoms with Crippen molar-refractivity contribution in [3.63, 3.8) is 0 Å². The van der Waals surface area contributed by atoms with Crippen LogP contribution in [0, 0.1) is 31.6 Å². The van der Waals surface area contributed by atoms with E-state index in [-0.39, 0.29) is 22.8 Å². The standard InChI is InChI=1S/C19H19O3/c1-13(2)7-9-15-18(21)12-10-16(19(15)22)17(20)11-8-14-5-3-4-6-14/h3-8,10-12,21-22H,9H2,1-2H3/b11-8+. The molecule has 0 spiro atoms. The maximum absolute atomic E-state index is 12.2. The molecule has 0 amide bonds. The van der Waals surface area contributed by atoms with Crippen molar-refractivity contribution in [3.05, 3.63) is 78.7 Å². The van der Waals surface area contributed by atoms with Crippen molar-refractivity contribution in [1.29, 1.82) is 0 Å². The van der Waals surface area contributed by atoms with Crippen LogP contribution in [0.1, 0.15) is 29.8 Å². The highest BCUT2D eigenvalue weighted by molar-refractivity contribution is 6.07. The van der Waals surface area contributed by atoms with Gasteiger partial charge in [-0.3, -0.25) is 4.79 Å². The van der Waals surface area contributed by atoms with E-state index >= 15 is 0 Å². The van der Waals surface area contributed by atoms with Crippen molar-refractivity contribution in [2.24, 2.45) is 0 Å². The summed E-state index contributed by atoms with van der Waals surface area (Å²) in [5.74, 6) is 0.467. The van der Waals surface area contributed by atoms with Crippen LogP contribution in [0.5, 0.6) is 11.5 Å². The number of hydrogen-bond acceptors (Lipinski definition) is 3. The van der Waals surface area contributed by atoms with Gasteiger partial charge in [-0.2, -0.15) is 0 Å². The molecule has 0 heterocycles. The second-order valence-corrected chi connectivity index (χ2v) is 5.36. The molecule has 1 fully saturated rings. The third-order valence-electron chi connectivity index (χ3n) is 3.35. The molecule has 113 valence electrons. The minimum absolute atomic E-state index is 0.00781. The van der Waals surface area contributed by atoms with E-state index in [9.17, 15) is 15.0 Å². The lowest BCUT2D eigenvalue weighted by molar-refractivity contribution is 0.104. The van der Waals surface area contributed by atoms with Gasteiger partial charge >= 0.3 is 0 Å². The number of phenols is 2. The molecule has 0 aromatic heterocycles. The lowest BCUT2D eigenvalue weighted by Gasteiger charge is -2.09. The fourth-order valence-electron chi connectivity index (χ4n) is 2.09. The number of ketones is 1. The van der Waals surface area contributed by atoms with Crippen LogP contribution in [0.4, 0.5) is 0 Å². The SMILES string of the molecule is CC(C)=CCc1c(O)ccc(C(=O)/C=C/[C]2[CH][CH][CH][CH]2)c1O. The molecule has 1 saturated carbocycles. The van der Waals surface area contributed by atoms with Gasteiger partial charge < -0.3 is 10.2 Å². The quantitative estimate of drug-likeness (QED) is 0.494. The Labute approximate surface area is 132 Å². The monoisotopic (exact) mass is 295 g/mol. The van der Waals surface area contributed by atoms with Crippen molar-refractivity contribution in [3.8, 4) is 11.5 Å². The van der Waals surface area contributed by atoms with Gasteiger partial charge in [-0.1, -0.05) is 17.7 Å². The Bertz CT molecular complexity index is 601. The summed E-state index contributed by atoms with van der Waals surface area (Å²) >= 11 is 0. The Balaban J connectivity index is 2.21. The molecule has 5 radical (unpaired) electrons. The minimum atomic E-state index is -0.294. The van der Waals surface area contributed by atoms with Crippen LogP contribution in [-0.2, 0) is 6.42 Å². The Hall–Kier alpha value is -2.03. The molecule has 0 aliphatic heterocycles. The number of carbonyl (C=O) groups excluding carboxylic acids is 1. The molecule has 0 unspecified atom stereocenters. The number of aromatic hydroxyl groups is 2. The van der Waals surface area contributed by atoms with Crippen LogP contribution >= 0.6 is 0 Å². The van der Waals surface area contributed by atoms with Crippen LogP contribution in [0.2, 0.25) is 0 Å². The maximum Gasteiger partial charge on any atom is 0.189 e. The summed E-state index contributed by atoms with van der Waals surface area (Å²) in [4.78, 5) is 12.2. The number of benzene rings is 1. The van der Waals surface area contributed by atoms with Gasteiger partial charge in [0.2, 0.25) is 0 Å². The zero-order valence-electron chi connectivity index (χ0n) is 12.7.